The fourth-order valence-electron chi connectivity index (χ4n) is 1.11. The molecule has 1 aromatic rings. The highest BCUT2D eigenvalue weighted by atomic mass is 16.5. The molecule has 1 aromatic carbocycles. The van der Waals surface area contributed by atoms with Crippen molar-refractivity contribution in [3.63, 3.8) is 0 Å². The fourth-order valence-corrected chi connectivity index (χ4v) is 1.11. The lowest BCUT2D eigenvalue weighted by atomic mass is 10.2. The number of carbonyl (C=O) groups excluding carboxylic acids is 2. The standard InChI is InChI=1S/C12H12N2O3/c1-2-12(16)17-8-11(15)14-10-5-3-4-9(6-10)7-13/h3-6H,2,8H2,1H3,(H,14,15). The minimum Gasteiger partial charge on any atom is -0.456 e. The average Bonchev–Trinajstić information content (AvgIpc) is 2.36. The second-order valence-electron chi connectivity index (χ2n) is 3.26. The van der Waals surface area contributed by atoms with Gasteiger partial charge in [0.25, 0.3) is 5.91 Å². The number of ether oxygens (including phenoxy) is 1. The Morgan fingerprint density at radius 2 is 2.24 bits per heavy atom. The number of hydrogen-bond acceptors (Lipinski definition) is 4. The Morgan fingerprint density at radius 1 is 1.47 bits per heavy atom. The highest BCUT2D eigenvalue weighted by Gasteiger charge is 2.06. The van der Waals surface area contributed by atoms with Gasteiger partial charge in [0.2, 0.25) is 0 Å². The molecule has 0 aliphatic rings. The summed E-state index contributed by atoms with van der Waals surface area (Å²) in [6.07, 6.45) is 0.233. The molecular formula is C12H12N2O3. The van der Waals surface area contributed by atoms with Crippen molar-refractivity contribution in [2.24, 2.45) is 0 Å². The SMILES string of the molecule is CCC(=O)OCC(=O)Nc1cccc(C#N)c1. The van der Waals surface area contributed by atoms with Crippen LogP contribution < -0.4 is 5.32 Å². The Kier molecular flexibility index (Phi) is 4.70. The second-order valence-corrected chi connectivity index (χ2v) is 3.26. The Labute approximate surface area is 99.0 Å². The van der Waals surface area contributed by atoms with E-state index >= 15 is 0 Å². The monoisotopic (exact) mass is 232 g/mol. The summed E-state index contributed by atoms with van der Waals surface area (Å²) < 4.78 is 4.67. The molecule has 88 valence electrons. The van der Waals surface area contributed by atoms with Crippen LogP contribution in [-0.2, 0) is 14.3 Å². The quantitative estimate of drug-likeness (QED) is 0.797. The van der Waals surface area contributed by atoms with E-state index in [1.165, 1.54) is 0 Å². The highest BCUT2D eigenvalue weighted by molar-refractivity contribution is 5.92. The van der Waals surface area contributed by atoms with Crippen LogP contribution in [0.4, 0.5) is 5.69 Å². The summed E-state index contributed by atoms with van der Waals surface area (Å²) in [5.74, 6) is -0.854. The van der Waals surface area contributed by atoms with Crippen LogP contribution in [0.1, 0.15) is 18.9 Å². The average molecular weight is 232 g/mol. The first-order chi connectivity index (χ1) is 8.15. The maximum atomic E-state index is 11.4. The number of nitrogens with one attached hydrogen (secondary N) is 1. The van der Waals surface area contributed by atoms with Crippen molar-refractivity contribution in [1.82, 2.24) is 0 Å². The lowest BCUT2D eigenvalue weighted by molar-refractivity contribution is -0.146. The van der Waals surface area contributed by atoms with Crippen LogP contribution in [0.5, 0.6) is 0 Å². The first-order valence-corrected chi connectivity index (χ1v) is 5.11. The smallest absolute Gasteiger partial charge is 0.306 e. The molecule has 1 rings (SSSR count). The van der Waals surface area contributed by atoms with Crippen molar-refractivity contribution in [3.8, 4) is 6.07 Å². The summed E-state index contributed by atoms with van der Waals surface area (Å²) in [6, 6.07) is 8.45. The predicted molar refractivity (Wildman–Crippen MR) is 61.0 cm³/mol. The third kappa shape index (κ3) is 4.34. The van der Waals surface area contributed by atoms with Crippen molar-refractivity contribution in [1.29, 1.82) is 5.26 Å². The molecule has 0 spiro atoms. The third-order valence-corrected chi connectivity index (χ3v) is 1.93. The second kappa shape index (κ2) is 6.28. The Bertz CT molecular complexity index is 463. The Hall–Kier alpha value is -2.35. The van der Waals surface area contributed by atoms with Crippen molar-refractivity contribution < 1.29 is 14.3 Å². The summed E-state index contributed by atoms with van der Waals surface area (Å²) >= 11 is 0. The number of hydrogen-bond donors (Lipinski definition) is 1. The molecule has 0 unspecified atom stereocenters. The Morgan fingerprint density at radius 3 is 2.88 bits per heavy atom. The van der Waals surface area contributed by atoms with E-state index in [0.29, 0.717) is 11.3 Å². The first kappa shape index (κ1) is 12.7. The number of esters is 1. The molecule has 5 nitrogen and oxygen atoms in total. The molecule has 0 saturated carbocycles. The van der Waals surface area contributed by atoms with Crippen molar-refractivity contribution in [2.75, 3.05) is 11.9 Å². The zero-order chi connectivity index (χ0) is 12.7. The molecule has 17 heavy (non-hydrogen) atoms. The summed E-state index contributed by atoms with van der Waals surface area (Å²) in [7, 11) is 0. The van der Waals surface area contributed by atoms with Gasteiger partial charge in [-0.25, -0.2) is 0 Å². The predicted octanol–water partition coefficient (Wildman–Crippen LogP) is 1.45. The highest BCUT2D eigenvalue weighted by Crippen LogP contribution is 2.09. The van der Waals surface area contributed by atoms with Crippen molar-refractivity contribution >= 4 is 17.6 Å². The molecule has 0 heterocycles. The van der Waals surface area contributed by atoms with Crippen LogP contribution >= 0.6 is 0 Å². The maximum absolute atomic E-state index is 11.4. The summed E-state index contributed by atoms with van der Waals surface area (Å²) in [5, 5.41) is 11.2. The molecule has 0 bridgehead atoms. The lowest BCUT2D eigenvalue weighted by Crippen LogP contribution is -2.20. The third-order valence-electron chi connectivity index (χ3n) is 1.93. The summed E-state index contributed by atoms with van der Waals surface area (Å²) in [4.78, 5) is 22.2. The lowest BCUT2D eigenvalue weighted by Gasteiger charge is -2.05. The van der Waals surface area contributed by atoms with Gasteiger partial charge in [-0.15, -0.1) is 0 Å². The molecule has 0 atom stereocenters. The van der Waals surface area contributed by atoms with E-state index in [2.05, 4.69) is 10.1 Å². The van der Waals surface area contributed by atoms with Gasteiger partial charge >= 0.3 is 5.97 Å². The molecule has 0 aliphatic carbocycles. The molecule has 0 radical (unpaired) electrons. The van der Waals surface area contributed by atoms with Crippen LogP contribution in [0.2, 0.25) is 0 Å². The summed E-state index contributed by atoms with van der Waals surface area (Å²) in [5.41, 5.74) is 0.954. The first-order valence-electron chi connectivity index (χ1n) is 5.11. The van der Waals surface area contributed by atoms with Gasteiger partial charge in [-0.2, -0.15) is 5.26 Å². The number of nitriles is 1. The minimum absolute atomic E-state index is 0.233. The van der Waals surface area contributed by atoms with Crippen LogP contribution in [-0.4, -0.2) is 18.5 Å². The van der Waals surface area contributed by atoms with E-state index in [9.17, 15) is 9.59 Å². The number of amides is 1. The van der Waals surface area contributed by atoms with Crippen LogP contribution in [0, 0.1) is 11.3 Å². The van der Waals surface area contributed by atoms with Crippen molar-refractivity contribution in [2.45, 2.75) is 13.3 Å². The zero-order valence-electron chi connectivity index (χ0n) is 9.40. The minimum atomic E-state index is -0.429. The molecule has 1 amide bonds. The number of rotatable bonds is 4. The number of nitrogens with zero attached hydrogens (tertiary/aromatic N) is 1. The van der Waals surface area contributed by atoms with Crippen LogP contribution in [0.25, 0.3) is 0 Å². The number of anilines is 1. The normalized spacial score (nSPS) is 9.18. The van der Waals surface area contributed by atoms with E-state index in [-0.39, 0.29) is 13.0 Å². The van der Waals surface area contributed by atoms with E-state index in [4.69, 9.17) is 5.26 Å². The zero-order valence-corrected chi connectivity index (χ0v) is 9.40. The van der Waals surface area contributed by atoms with Gasteiger partial charge in [0.15, 0.2) is 6.61 Å². The van der Waals surface area contributed by atoms with Gasteiger partial charge in [0.05, 0.1) is 11.6 Å². The van der Waals surface area contributed by atoms with Crippen LogP contribution in [0.15, 0.2) is 24.3 Å². The van der Waals surface area contributed by atoms with E-state index in [0.717, 1.165) is 0 Å². The van der Waals surface area contributed by atoms with Gasteiger partial charge in [0.1, 0.15) is 0 Å². The molecule has 0 aromatic heterocycles. The van der Waals surface area contributed by atoms with E-state index in [1.54, 1.807) is 31.2 Å². The fraction of sp³-hybridized carbons (Fsp3) is 0.250. The van der Waals surface area contributed by atoms with Gasteiger partial charge in [-0.05, 0) is 18.2 Å². The Balaban J connectivity index is 2.51. The molecular weight excluding hydrogens is 220 g/mol. The van der Waals surface area contributed by atoms with Gasteiger partial charge in [0, 0.05) is 12.1 Å². The van der Waals surface area contributed by atoms with Gasteiger partial charge in [-0.1, -0.05) is 13.0 Å². The number of carbonyl (C=O) groups is 2. The molecule has 1 N–H and O–H groups in total. The molecule has 0 saturated heterocycles. The topological polar surface area (TPSA) is 79.2 Å². The van der Waals surface area contributed by atoms with Gasteiger partial charge < -0.3 is 10.1 Å². The summed E-state index contributed by atoms with van der Waals surface area (Å²) in [6.45, 7) is 1.33. The molecule has 5 heteroatoms. The van der Waals surface area contributed by atoms with E-state index < -0.39 is 11.9 Å². The van der Waals surface area contributed by atoms with Crippen molar-refractivity contribution in [3.05, 3.63) is 29.8 Å². The van der Waals surface area contributed by atoms with E-state index in [1.807, 2.05) is 6.07 Å². The largest absolute Gasteiger partial charge is 0.456 e. The van der Waals surface area contributed by atoms with Crippen LogP contribution in [0.3, 0.4) is 0 Å². The molecule has 0 fully saturated rings. The molecule has 0 aliphatic heterocycles. The van der Waals surface area contributed by atoms with Gasteiger partial charge in [-0.3, -0.25) is 9.59 Å². The maximum Gasteiger partial charge on any atom is 0.306 e. The number of benzene rings is 1.